The van der Waals surface area contributed by atoms with Crippen molar-refractivity contribution in [3.8, 4) is 0 Å². The van der Waals surface area contributed by atoms with Crippen LogP contribution in [-0.4, -0.2) is 21.5 Å². The lowest BCUT2D eigenvalue weighted by Gasteiger charge is -2.09. The second-order valence-electron chi connectivity index (χ2n) is 5.03. The first kappa shape index (κ1) is 14.2. The van der Waals surface area contributed by atoms with Crippen LogP contribution in [0.2, 0.25) is 0 Å². The second kappa shape index (κ2) is 7.43. The fraction of sp³-hybridized carbons (Fsp3) is 0.846. The molecule has 1 rings (SSSR count). The van der Waals surface area contributed by atoms with Gasteiger partial charge in [-0.15, -0.1) is 5.10 Å². The summed E-state index contributed by atoms with van der Waals surface area (Å²) in [6.07, 6.45) is 5.47. The van der Waals surface area contributed by atoms with Crippen LogP contribution in [0.1, 0.15) is 51.4 Å². The molecular weight excluding hydrogens is 212 g/mol. The van der Waals surface area contributed by atoms with Gasteiger partial charge in [0.2, 0.25) is 0 Å². The van der Waals surface area contributed by atoms with Gasteiger partial charge in [0, 0.05) is 13.0 Å². The highest BCUT2D eigenvalue weighted by atomic mass is 15.4. The Balaban J connectivity index is 2.73. The molecule has 2 N–H and O–H groups in total. The van der Waals surface area contributed by atoms with Crippen molar-refractivity contribution < 1.29 is 0 Å². The molecular formula is C13H26N4. The van der Waals surface area contributed by atoms with E-state index in [-0.39, 0.29) is 0 Å². The zero-order valence-corrected chi connectivity index (χ0v) is 11.4. The van der Waals surface area contributed by atoms with E-state index in [9.17, 15) is 0 Å². The maximum atomic E-state index is 5.62. The zero-order valence-electron chi connectivity index (χ0n) is 11.4. The fourth-order valence-electron chi connectivity index (χ4n) is 1.89. The van der Waals surface area contributed by atoms with Crippen molar-refractivity contribution in [2.45, 2.75) is 59.4 Å². The molecule has 1 heterocycles. The summed E-state index contributed by atoms with van der Waals surface area (Å²) >= 11 is 0. The number of aryl methyl sites for hydroxylation is 1. The topological polar surface area (TPSA) is 56.7 Å². The molecule has 0 bridgehead atoms. The minimum atomic E-state index is 0.654. The van der Waals surface area contributed by atoms with Crippen molar-refractivity contribution in [1.29, 1.82) is 0 Å². The van der Waals surface area contributed by atoms with Gasteiger partial charge in [-0.25, -0.2) is 4.68 Å². The summed E-state index contributed by atoms with van der Waals surface area (Å²) in [5.74, 6) is 0.718. The third-order valence-electron chi connectivity index (χ3n) is 2.98. The molecule has 0 saturated heterocycles. The van der Waals surface area contributed by atoms with E-state index >= 15 is 0 Å². The third kappa shape index (κ3) is 4.46. The SMILES string of the molecule is CCCCn1nnc(CCN)c1CCC(C)C. The summed E-state index contributed by atoms with van der Waals surface area (Å²) in [7, 11) is 0. The Morgan fingerprint density at radius 2 is 2.06 bits per heavy atom. The number of nitrogens with zero attached hydrogens (tertiary/aromatic N) is 3. The Morgan fingerprint density at radius 3 is 2.65 bits per heavy atom. The number of rotatable bonds is 8. The molecule has 1 aromatic heterocycles. The van der Waals surface area contributed by atoms with E-state index in [1.54, 1.807) is 0 Å². The number of unbranched alkanes of at least 4 members (excludes halogenated alkanes) is 1. The largest absolute Gasteiger partial charge is 0.330 e. The summed E-state index contributed by atoms with van der Waals surface area (Å²) in [5.41, 5.74) is 8.02. The average Bonchev–Trinajstić information content (AvgIpc) is 2.67. The Morgan fingerprint density at radius 1 is 1.29 bits per heavy atom. The summed E-state index contributed by atoms with van der Waals surface area (Å²) < 4.78 is 2.08. The molecule has 0 amide bonds. The van der Waals surface area contributed by atoms with Gasteiger partial charge in [0.25, 0.3) is 0 Å². The monoisotopic (exact) mass is 238 g/mol. The van der Waals surface area contributed by atoms with Gasteiger partial charge in [0.05, 0.1) is 11.4 Å². The number of hydrogen-bond donors (Lipinski definition) is 1. The van der Waals surface area contributed by atoms with E-state index in [0.717, 1.165) is 31.0 Å². The van der Waals surface area contributed by atoms with Crippen LogP contribution in [0.25, 0.3) is 0 Å². The highest BCUT2D eigenvalue weighted by Crippen LogP contribution is 2.13. The summed E-state index contributed by atoms with van der Waals surface area (Å²) in [6.45, 7) is 8.35. The van der Waals surface area contributed by atoms with Gasteiger partial charge in [-0.05, 0) is 31.7 Å². The number of aromatic nitrogens is 3. The van der Waals surface area contributed by atoms with Crippen LogP contribution in [0.4, 0.5) is 0 Å². The van der Waals surface area contributed by atoms with Crippen molar-refractivity contribution in [2.75, 3.05) is 6.54 Å². The normalized spacial score (nSPS) is 11.4. The van der Waals surface area contributed by atoms with Gasteiger partial charge in [0.15, 0.2) is 0 Å². The molecule has 0 aromatic carbocycles. The van der Waals surface area contributed by atoms with Crippen LogP contribution in [0.15, 0.2) is 0 Å². The quantitative estimate of drug-likeness (QED) is 0.755. The van der Waals surface area contributed by atoms with E-state index in [2.05, 4.69) is 35.8 Å². The van der Waals surface area contributed by atoms with Crippen LogP contribution in [0.3, 0.4) is 0 Å². The highest BCUT2D eigenvalue weighted by Gasteiger charge is 2.12. The van der Waals surface area contributed by atoms with E-state index in [0.29, 0.717) is 6.54 Å². The lowest BCUT2D eigenvalue weighted by atomic mass is 10.0. The molecule has 0 fully saturated rings. The van der Waals surface area contributed by atoms with Crippen molar-refractivity contribution in [2.24, 2.45) is 11.7 Å². The average molecular weight is 238 g/mol. The maximum Gasteiger partial charge on any atom is 0.0871 e. The van der Waals surface area contributed by atoms with Crippen LogP contribution in [0, 0.1) is 5.92 Å². The number of nitrogens with two attached hydrogens (primary N) is 1. The highest BCUT2D eigenvalue weighted by molar-refractivity contribution is 5.11. The van der Waals surface area contributed by atoms with E-state index in [1.165, 1.54) is 25.0 Å². The molecule has 0 saturated carbocycles. The van der Waals surface area contributed by atoms with Gasteiger partial charge >= 0.3 is 0 Å². The summed E-state index contributed by atoms with van der Waals surface area (Å²) in [6, 6.07) is 0. The number of hydrogen-bond acceptors (Lipinski definition) is 3. The molecule has 0 spiro atoms. The van der Waals surface area contributed by atoms with Gasteiger partial charge in [-0.1, -0.05) is 32.4 Å². The molecule has 4 heteroatoms. The van der Waals surface area contributed by atoms with Crippen molar-refractivity contribution in [1.82, 2.24) is 15.0 Å². The Bertz CT molecular complexity index is 317. The Kier molecular flexibility index (Phi) is 6.19. The van der Waals surface area contributed by atoms with Crippen LogP contribution in [-0.2, 0) is 19.4 Å². The molecule has 0 aliphatic heterocycles. The van der Waals surface area contributed by atoms with E-state index < -0.39 is 0 Å². The second-order valence-corrected chi connectivity index (χ2v) is 5.03. The molecule has 17 heavy (non-hydrogen) atoms. The summed E-state index contributed by atoms with van der Waals surface area (Å²) in [4.78, 5) is 0. The van der Waals surface area contributed by atoms with Crippen molar-refractivity contribution in [3.05, 3.63) is 11.4 Å². The van der Waals surface area contributed by atoms with Gasteiger partial charge < -0.3 is 5.73 Å². The third-order valence-corrected chi connectivity index (χ3v) is 2.98. The van der Waals surface area contributed by atoms with E-state index in [1.807, 2.05) is 0 Å². The molecule has 0 unspecified atom stereocenters. The smallest absolute Gasteiger partial charge is 0.0871 e. The lowest BCUT2D eigenvalue weighted by molar-refractivity contribution is 0.509. The van der Waals surface area contributed by atoms with Crippen LogP contribution >= 0.6 is 0 Å². The fourth-order valence-corrected chi connectivity index (χ4v) is 1.89. The van der Waals surface area contributed by atoms with Gasteiger partial charge in [0.1, 0.15) is 0 Å². The first-order valence-corrected chi connectivity index (χ1v) is 6.80. The molecule has 0 radical (unpaired) electrons. The lowest BCUT2D eigenvalue weighted by Crippen LogP contribution is -2.10. The molecule has 0 atom stereocenters. The molecule has 98 valence electrons. The standard InChI is InChI=1S/C13H26N4/c1-4-5-10-17-13(7-6-11(2)3)12(8-9-14)15-16-17/h11H,4-10,14H2,1-3H3. The first-order valence-electron chi connectivity index (χ1n) is 6.80. The van der Waals surface area contributed by atoms with Gasteiger partial charge in [-0.2, -0.15) is 0 Å². The Hall–Kier alpha value is -0.900. The summed E-state index contributed by atoms with van der Waals surface area (Å²) in [5, 5.41) is 8.53. The maximum absolute atomic E-state index is 5.62. The Labute approximate surface area is 105 Å². The van der Waals surface area contributed by atoms with Crippen molar-refractivity contribution >= 4 is 0 Å². The minimum absolute atomic E-state index is 0.654. The molecule has 4 nitrogen and oxygen atoms in total. The van der Waals surface area contributed by atoms with Crippen LogP contribution < -0.4 is 5.73 Å². The van der Waals surface area contributed by atoms with Crippen LogP contribution in [0.5, 0.6) is 0 Å². The van der Waals surface area contributed by atoms with Gasteiger partial charge in [-0.3, -0.25) is 0 Å². The molecule has 0 aliphatic rings. The zero-order chi connectivity index (χ0) is 12.7. The van der Waals surface area contributed by atoms with E-state index in [4.69, 9.17) is 5.73 Å². The minimum Gasteiger partial charge on any atom is -0.330 e. The molecule has 0 aliphatic carbocycles. The first-order chi connectivity index (χ1) is 8.19. The predicted octanol–water partition coefficient (Wildman–Crippen LogP) is 2.17. The van der Waals surface area contributed by atoms with Crippen molar-refractivity contribution in [3.63, 3.8) is 0 Å². The predicted molar refractivity (Wildman–Crippen MR) is 70.8 cm³/mol. The molecule has 1 aromatic rings.